The van der Waals surface area contributed by atoms with Crippen molar-refractivity contribution in [2.75, 3.05) is 14.2 Å². The second-order valence-corrected chi connectivity index (χ2v) is 5.00. The molecule has 1 aromatic rings. The molecule has 0 spiro atoms. The fraction of sp³-hybridized carbons (Fsp3) is 0.571. The van der Waals surface area contributed by atoms with Gasteiger partial charge in [-0.15, -0.1) is 12.4 Å². The molecule has 0 amide bonds. The van der Waals surface area contributed by atoms with Crippen molar-refractivity contribution < 1.29 is 19.7 Å². The van der Waals surface area contributed by atoms with E-state index in [4.69, 9.17) is 15.2 Å². The molecule has 1 rings (SSSR count). The number of phenolic OH excluding ortho intramolecular Hbond substituents is 1. The minimum atomic E-state index is -0.654. The third-order valence-corrected chi connectivity index (χ3v) is 3.01. The van der Waals surface area contributed by atoms with Gasteiger partial charge in [-0.1, -0.05) is 13.8 Å². The Morgan fingerprint density at radius 3 is 1.95 bits per heavy atom. The van der Waals surface area contributed by atoms with Crippen molar-refractivity contribution in [3.63, 3.8) is 0 Å². The number of hydrogen-bond acceptors (Lipinski definition) is 5. The lowest BCUT2D eigenvalue weighted by Crippen LogP contribution is -2.27. The molecule has 1 aromatic carbocycles. The standard InChI is InChI=1S/C14H23NO4.ClH/c1-8(2)5-10(16)13(15)9-6-11(18-3)14(17)12(7-9)19-4;/h6-8,10,13,16-17H,5,15H2,1-4H3;1H/t10-,13+;/m0./s1. The number of phenols is 1. The van der Waals surface area contributed by atoms with E-state index < -0.39 is 12.1 Å². The van der Waals surface area contributed by atoms with Crippen molar-refractivity contribution in [1.82, 2.24) is 0 Å². The Kier molecular flexibility index (Phi) is 7.71. The number of halogens is 1. The average molecular weight is 306 g/mol. The molecule has 5 nitrogen and oxygen atoms in total. The van der Waals surface area contributed by atoms with E-state index in [0.29, 0.717) is 17.9 Å². The molecular weight excluding hydrogens is 282 g/mol. The number of benzene rings is 1. The largest absolute Gasteiger partial charge is 0.502 e. The fourth-order valence-corrected chi connectivity index (χ4v) is 1.96. The molecule has 0 saturated carbocycles. The van der Waals surface area contributed by atoms with E-state index >= 15 is 0 Å². The molecule has 0 aromatic heterocycles. The van der Waals surface area contributed by atoms with Gasteiger partial charge in [-0.25, -0.2) is 0 Å². The molecule has 0 unspecified atom stereocenters. The maximum absolute atomic E-state index is 10.1. The quantitative estimate of drug-likeness (QED) is 0.750. The van der Waals surface area contributed by atoms with Crippen LogP contribution < -0.4 is 15.2 Å². The maximum Gasteiger partial charge on any atom is 0.200 e. The Labute approximate surface area is 126 Å². The average Bonchev–Trinajstić information content (AvgIpc) is 2.37. The summed E-state index contributed by atoms with van der Waals surface area (Å²) in [4.78, 5) is 0. The minimum Gasteiger partial charge on any atom is -0.502 e. The predicted molar refractivity (Wildman–Crippen MR) is 80.8 cm³/mol. The van der Waals surface area contributed by atoms with Crippen LogP contribution in [0.25, 0.3) is 0 Å². The highest BCUT2D eigenvalue weighted by Gasteiger charge is 2.21. The first-order valence-corrected chi connectivity index (χ1v) is 6.29. The Balaban J connectivity index is 0.00000361. The molecule has 0 radical (unpaired) electrons. The highest BCUT2D eigenvalue weighted by Crippen LogP contribution is 2.39. The summed E-state index contributed by atoms with van der Waals surface area (Å²) in [5, 5.41) is 19.9. The summed E-state index contributed by atoms with van der Waals surface area (Å²) in [7, 11) is 2.91. The number of aliphatic hydroxyl groups excluding tert-OH is 1. The SMILES string of the molecule is COc1cc([C@@H](N)[C@@H](O)CC(C)C)cc(OC)c1O.Cl. The van der Waals surface area contributed by atoms with Crippen LogP contribution in [0.2, 0.25) is 0 Å². The normalized spacial score (nSPS) is 13.6. The number of ether oxygens (including phenoxy) is 2. The van der Waals surface area contributed by atoms with E-state index in [1.165, 1.54) is 14.2 Å². The predicted octanol–water partition coefficient (Wildman–Crippen LogP) is 2.24. The van der Waals surface area contributed by atoms with Crippen molar-refractivity contribution in [2.45, 2.75) is 32.4 Å². The highest BCUT2D eigenvalue weighted by atomic mass is 35.5. The number of hydrogen-bond donors (Lipinski definition) is 3. The van der Waals surface area contributed by atoms with Crippen LogP contribution in [-0.4, -0.2) is 30.5 Å². The fourth-order valence-electron chi connectivity index (χ4n) is 1.96. The van der Waals surface area contributed by atoms with Gasteiger partial charge >= 0.3 is 0 Å². The van der Waals surface area contributed by atoms with E-state index in [-0.39, 0.29) is 29.7 Å². The number of methoxy groups -OCH3 is 2. The first-order valence-electron chi connectivity index (χ1n) is 6.29. The van der Waals surface area contributed by atoms with Crippen LogP contribution in [0.3, 0.4) is 0 Å². The van der Waals surface area contributed by atoms with Crippen molar-refractivity contribution >= 4 is 12.4 Å². The Morgan fingerprint density at radius 1 is 1.15 bits per heavy atom. The smallest absolute Gasteiger partial charge is 0.200 e. The molecule has 0 fully saturated rings. The van der Waals surface area contributed by atoms with Gasteiger partial charge in [-0.05, 0) is 30.0 Å². The van der Waals surface area contributed by atoms with Crippen LogP contribution in [0.1, 0.15) is 31.9 Å². The summed E-state index contributed by atoms with van der Waals surface area (Å²) >= 11 is 0. The second kappa shape index (κ2) is 8.19. The first kappa shape index (κ1) is 18.8. The summed E-state index contributed by atoms with van der Waals surface area (Å²) < 4.78 is 10.1. The molecule has 0 bridgehead atoms. The van der Waals surface area contributed by atoms with Gasteiger partial charge in [0.05, 0.1) is 26.4 Å². The van der Waals surface area contributed by atoms with Crippen molar-refractivity contribution in [2.24, 2.45) is 11.7 Å². The van der Waals surface area contributed by atoms with Gasteiger partial charge in [0.25, 0.3) is 0 Å². The summed E-state index contributed by atoms with van der Waals surface area (Å²) in [5.41, 5.74) is 6.71. The molecule has 0 saturated heterocycles. The van der Waals surface area contributed by atoms with Gasteiger partial charge in [-0.3, -0.25) is 0 Å². The lowest BCUT2D eigenvalue weighted by Gasteiger charge is -2.22. The monoisotopic (exact) mass is 305 g/mol. The van der Waals surface area contributed by atoms with Gasteiger partial charge in [-0.2, -0.15) is 0 Å². The minimum absolute atomic E-state index is 0. The van der Waals surface area contributed by atoms with Crippen molar-refractivity contribution in [3.05, 3.63) is 17.7 Å². The van der Waals surface area contributed by atoms with E-state index in [1.54, 1.807) is 12.1 Å². The molecule has 2 atom stereocenters. The molecule has 6 heteroatoms. The Hall–Kier alpha value is -1.17. The molecule has 20 heavy (non-hydrogen) atoms. The zero-order valence-electron chi connectivity index (χ0n) is 12.3. The van der Waals surface area contributed by atoms with Crippen molar-refractivity contribution in [1.29, 1.82) is 0 Å². The molecule has 116 valence electrons. The number of rotatable bonds is 6. The zero-order chi connectivity index (χ0) is 14.6. The Bertz CT molecular complexity index is 401. The van der Waals surface area contributed by atoms with Gasteiger partial charge in [0.2, 0.25) is 5.75 Å². The van der Waals surface area contributed by atoms with Crippen molar-refractivity contribution in [3.8, 4) is 17.2 Å². The third kappa shape index (κ3) is 4.44. The van der Waals surface area contributed by atoms with E-state index in [9.17, 15) is 10.2 Å². The Morgan fingerprint density at radius 2 is 1.60 bits per heavy atom. The summed E-state index contributed by atoms with van der Waals surface area (Å²) in [5.74, 6) is 0.837. The lowest BCUT2D eigenvalue weighted by atomic mass is 9.95. The van der Waals surface area contributed by atoms with Crippen LogP contribution in [0.4, 0.5) is 0 Å². The summed E-state index contributed by atoms with van der Waals surface area (Å²) in [6, 6.07) is 2.68. The topological polar surface area (TPSA) is 84.9 Å². The third-order valence-electron chi connectivity index (χ3n) is 3.01. The van der Waals surface area contributed by atoms with Crippen LogP contribution in [-0.2, 0) is 0 Å². The van der Waals surface area contributed by atoms with Crippen LogP contribution in [0, 0.1) is 5.92 Å². The number of aromatic hydroxyl groups is 1. The summed E-state index contributed by atoms with van der Waals surface area (Å²) in [6.45, 7) is 4.04. The zero-order valence-corrected chi connectivity index (χ0v) is 13.1. The van der Waals surface area contributed by atoms with Crippen LogP contribution in [0.15, 0.2) is 12.1 Å². The van der Waals surface area contributed by atoms with E-state index in [2.05, 4.69) is 0 Å². The van der Waals surface area contributed by atoms with Gasteiger partial charge < -0.3 is 25.4 Å². The molecule has 0 aliphatic carbocycles. The summed E-state index contributed by atoms with van der Waals surface area (Å²) in [6.07, 6.45) is -0.0499. The highest BCUT2D eigenvalue weighted by molar-refractivity contribution is 5.85. The van der Waals surface area contributed by atoms with Crippen LogP contribution >= 0.6 is 12.4 Å². The first-order chi connectivity index (χ1) is 8.90. The van der Waals surface area contributed by atoms with E-state index in [1.807, 2.05) is 13.8 Å². The molecule has 0 aliphatic rings. The molecular formula is C14H24ClNO4. The van der Waals surface area contributed by atoms with Gasteiger partial charge in [0.15, 0.2) is 11.5 Å². The van der Waals surface area contributed by atoms with Gasteiger partial charge in [0, 0.05) is 0 Å². The second-order valence-electron chi connectivity index (χ2n) is 5.00. The van der Waals surface area contributed by atoms with E-state index in [0.717, 1.165) is 0 Å². The van der Waals surface area contributed by atoms with Gasteiger partial charge in [0.1, 0.15) is 0 Å². The molecule has 0 aliphatic heterocycles. The number of aliphatic hydroxyl groups is 1. The maximum atomic E-state index is 10.1. The lowest BCUT2D eigenvalue weighted by molar-refractivity contribution is 0.121. The van der Waals surface area contributed by atoms with Crippen LogP contribution in [0.5, 0.6) is 17.2 Å². The molecule has 4 N–H and O–H groups in total. The number of nitrogens with two attached hydrogens (primary N) is 1. The molecule has 0 heterocycles.